The second-order valence-electron chi connectivity index (χ2n) is 3.82. The lowest BCUT2D eigenvalue weighted by atomic mass is 10.0. The molecule has 1 heterocycles. The van der Waals surface area contributed by atoms with Crippen molar-refractivity contribution >= 4 is 0 Å². The Morgan fingerprint density at radius 3 is 2.38 bits per heavy atom. The highest BCUT2D eigenvalue weighted by Crippen LogP contribution is 2.21. The van der Waals surface area contributed by atoms with E-state index in [9.17, 15) is 0 Å². The van der Waals surface area contributed by atoms with Gasteiger partial charge >= 0.3 is 0 Å². The highest BCUT2D eigenvalue weighted by atomic mass is 14.9. The van der Waals surface area contributed by atoms with Crippen LogP contribution < -0.4 is 5.73 Å². The molecule has 1 aromatic heterocycles. The standard InChI is InChI=1S/C13H15N3/c1-9-13(8-15-10(2)16-9)12-5-3-11(7-14)4-6-12/h3-6,8H,7,14H2,1-2H3. The number of hydrogen-bond acceptors (Lipinski definition) is 3. The van der Waals surface area contributed by atoms with Crippen LogP contribution in [0.25, 0.3) is 11.1 Å². The van der Waals surface area contributed by atoms with E-state index in [0.29, 0.717) is 6.54 Å². The number of hydrogen-bond donors (Lipinski definition) is 1. The first-order chi connectivity index (χ1) is 7.70. The van der Waals surface area contributed by atoms with Crippen LogP contribution in [0.2, 0.25) is 0 Å². The van der Waals surface area contributed by atoms with Crippen LogP contribution in [0.15, 0.2) is 30.5 Å². The van der Waals surface area contributed by atoms with Crippen molar-refractivity contribution in [3.05, 3.63) is 47.5 Å². The lowest BCUT2D eigenvalue weighted by Gasteiger charge is -2.06. The second-order valence-corrected chi connectivity index (χ2v) is 3.82. The predicted octanol–water partition coefficient (Wildman–Crippen LogP) is 2.22. The Labute approximate surface area is 95.4 Å². The fourth-order valence-corrected chi connectivity index (χ4v) is 1.69. The third-order valence-electron chi connectivity index (χ3n) is 2.60. The molecule has 3 heteroatoms. The van der Waals surface area contributed by atoms with E-state index in [1.54, 1.807) is 0 Å². The molecule has 0 bridgehead atoms. The largest absolute Gasteiger partial charge is 0.326 e. The summed E-state index contributed by atoms with van der Waals surface area (Å²) < 4.78 is 0. The maximum Gasteiger partial charge on any atom is 0.125 e. The van der Waals surface area contributed by atoms with E-state index in [2.05, 4.69) is 22.1 Å². The zero-order valence-corrected chi connectivity index (χ0v) is 9.57. The first-order valence-corrected chi connectivity index (χ1v) is 5.30. The fourth-order valence-electron chi connectivity index (χ4n) is 1.69. The summed E-state index contributed by atoms with van der Waals surface area (Å²) in [5.74, 6) is 0.805. The predicted molar refractivity (Wildman–Crippen MR) is 64.8 cm³/mol. The van der Waals surface area contributed by atoms with Gasteiger partial charge in [-0.2, -0.15) is 0 Å². The van der Waals surface area contributed by atoms with Crippen LogP contribution in [-0.4, -0.2) is 9.97 Å². The Morgan fingerprint density at radius 1 is 1.12 bits per heavy atom. The Kier molecular flexibility index (Phi) is 2.97. The molecular weight excluding hydrogens is 198 g/mol. The summed E-state index contributed by atoms with van der Waals surface area (Å²) in [4.78, 5) is 8.58. The Morgan fingerprint density at radius 2 is 1.81 bits per heavy atom. The van der Waals surface area contributed by atoms with Crippen molar-refractivity contribution in [1.82, 2.24) is 9.97 Å². The summed E-state index contributed by atoms with van der Waals surface area (Å²) in [6.45, 7) is 4.47. The molecule has 0 atom stereocenters. The molecule has 0 saturated heterocycles. The molecule has 1 aromatic carbocycles. The van der Waals surface area contributed by atoms with Crippen molar-refractivity contribution in [2.75, 3.05) is 0 Å². The molecule has 2 aromatic rings. The second kappa shape index (κ2) is 4.41. The monoisotopic (exact) mass is 213 g/mol. The molecular formula is C13H15N3. The van der Waals surface area contributed by atoms with Crippen LogP contribution in [0.3, 0.4) is 0 Å². The summed E-state index contributed by atoms with van der Waals surface area (Å²) in [7, 11) is 0. The molecule has 0 aliphatic heterocycles. The number of benzene rings is 1. The third kappa shape index (κ3) is 2.09. The summed E-state index contributed by atoms with van der Waals surface area (Å²) in [6, 6.07) is 8.19. The molecule has 16 heavy (non-hydrogen) atoms. The van der Waals surface area contributed by atoms with Crippen molar-refractivity contribution in [3.63, 3.8) is 0 Å². The summed E-state index contributed by atoms with van der Waals surface area (Å²) in [5, 5.41) is 0. The van der Waals surface area contributed by atoms with Gasteiger partial charge < -0.3 is 5.73 Å². The van der Waals surface area contributed by atoms with Crippen LogP contribution in [0.5, 0.6) is 0 Å². The van der Waals surface area contributed by atoms with Gasteiger partial charge in [0.1, 0.15) is 5.82 Å². The first kappa shape index (κ1) is 10.8. The van der Waals surface area contributed by atoms with Gasteiger partial charge in [-0.05, 0) is 25.0 Å². The quantitative estimate of drug-likeness (QED) is 0.832. The van der Waals surface area contributed by atoms with Crippen LogP contribution in [0.4, 0.5) is 0 Å². The van der Waals surface area contributed by atoms with Crippen LogP contribution >= 0.6 is 0 Å². The molecule has 2 rings (SSSR count). The van der Waals surface area contributed by atoms with E-state index in [0.717, 1.165) is 28.2 Å². The van der Waals surface area contributed by atoms with Crippen molar-refractivity contribution in [2.45, 2.75) is 20.4 Å². The van der Waals surface area contributed by atoms with Gasteiger partial charge in [0.25, 0.3) is 0 Å². The van der Waals surface area contributed by atoms with Crippen LogP contribution in [0, 0.1) is 13.8 Å². The SMILES string of the molecule is Cc1ncc(-c2ccc(CN)cc2)c(C)n1. The minimum absolute atomic E-state index is 0.573. The van der Waals surface area contributed by atoms with Gasteiger partial charge in [-0.25, -0.2) is 9.97 Å². The van der Waals surface area contributed by atoms with Gasteiger partial charge in [0.05, 0.1) is 0 Å². The van der Waals surface area contributed by atoms with Gasteiger partial charge in [-0.15, -0.1) is 0 Å². The molecule has 3 nitrogen and oxygen atoms in total. The van der Waals surface area contributed by atoms with Gasteiger partial charge in [0.2, 0.25) is 0 Å². The maximum atomic E-state index is 5.56. The van der Waals surface area contributed by atoms with Crippen molar-refractivity contribution in [3.8, 4) is 11.1 Å². The van der Waals surface area contributed by atoms with Gasteiger partial charge in [0.15, 0.2) is 0 Å². The minimum Gasteiger partial charge on any atom is -0.326 e. The summed E-state index contributed by atoms with van der Waals surface area (Å²) >= 11 is 0. The van der Waals surface area contributed by atoms with E-state index in [-0.39, 0.29) is 0 Å². The van der Waals surface area contributed by atoms with Gasteiger partial charge in [-0.1, -0.05) is 24.3 Å². The van der Waals surface area contributed by atoms with Gasteiger partial charge in [-0.3, -0.25) is 0 Å². The molecule has 0 aliphatic carbocycles. The maximum absolute atomic E-state index is 5.56. The molecule has 2 N–H and O–H groups in total. The Hall–Kier alpha value is -1.74. The van der Waals surface area contributed by atoms with E-state index >= 15 is 0 Å². The molecule has 0 saturated carbocycles. The molecule has 0 spiro atoms. The number of rotatable bonds is 2. The zero-order valence-electron chi connectivity index (χ0n) is 9.57. The molecule has 0 aliphatic rings. The van der Waals surface area contributed by atoms with E-state index in [4.69, 9.17) is 5.73 Å². The van der Waals surface area contributed by atoms with E-state index in [1.807, 2.05) is 32.2 Å². The van der Waals surface area contributed by atoms with Crippen molar-refractivity contribution in [2.24, 2.45) is 5.73 Å². The normalized spacial score (nSPS) is 10.4. The van der Waals surface area contributed by atoms with Crippen molar-refractivity contribution in [1.29, 1.82) is 0 Å². The first-order valence-electron chi connectivity index (χ1n) is 5.30. The molecule has 0 amide bonds. The minimum atomic E-state index is 0.573. The zero-order chi connectivity index (χ0) is 11.5. The fraction of sp³-hybridized carbons (Fsp3) is 0.231. The number of aromatic nitrogens is 2. The number of nitrogens with two attached hydrogens (primary N) is 1. The number of nitrogens with zero attached hydrogens (tertiary/aromatic N) is 2. The van der Waals surface area contributed by atoms with Crippen LogP contribution in [-0.2, 0) is 6.54 Å². The smallest absolute Gasteiger partial charge is 0.125 e. The average Bonchev–Trinajstić information content (AvgIpc) is 2.29. The number of aryl methyl sites for hydroxylation is 2. The molecule has 0 radical (unpaired) electrons. The van der Waals surface area contributed by atoms with Crippen LogP contribution in [0.1, 0.15) is 17.1 Å². The topological polar surface area (TPSA) is 51.8 Å². The molecule has 0 fully saturated rings. The van der Waals surface area contributed by atoms with E-state index in [1.165, 1.54) is 0 Å². The highest BCUT2D eigenvalue weighted by molar-refractivity contribution is 5.64. The Bertz CT molecular complexity index is 489. The highest BCUT2D eigenvalue weighted by Gasteiger charge is 2.03. The summed E-state index contributed by atoms with van der Waals surface area (Å²) in [6.07, 6.45) is 1.87. The third-order valence-corrected chi connectivity index (χ3v) is 2.60. The summed E-state index contributed by atoms with van der Waals surface area (Å²) in [5.41, 5.74) is 9.92. The lowest BCUT2D eigenvalue weighted by molar-refractivity contribution is 1.01. The lowest BCUT2D eigenvalue weighted by Crippen LogP contribution is -1.96. The van der Waals surface area contributed by atoms with Crippen molar-refractivity contribution < 1.29 is 0 Å². The molecule has 82 valence electrons. The average molecular weight is 213 g/mol. The molecule has 0 unspecified atom stereocenters. The Balaban J connectivity index is 2.42. The van der Waals surface area contributed by atoms with E-state index < -0.39 is 0 Å². The van der Waals surface area contributed by atoms with Gasteiger partial charge in [0, 0.05) is 24.0 Å².